The molecule has 0 aromatic heterocycles. The molecule has 1 heteroatoms. The summed E-state index contributed by atoms with van der Waals surface area (Å²) in [6, 6.07) is 0. The second-order valence-electron chi connectivity index (χ2n) is 2.42. The Bertz CT molecular complexity index is 219. The molecule has 0 saturated heterocycles. The monoisotopic (exact) mass is 149 g/mol. The molecule has 0 heterocycles. The summed E-state index contributed by atoms with van der Waals surface area (Å²) in [5.74, 6) is 0. The normalized spacial score (nSPS) is 13.0. The fraction of sp³-hybridized carbons (Fsp3) is 0.300. The zero-order valence-electron chi connectivity index (χ0n) is 7.52. The highest BCUT2D eigenvalue weighted by molar-refractivity contribution is 5.93. The van der Waals surface area contributed by atoms with Crippen molar-refractivity contribution in [2.75, 3.05) is 7.05 Å². The van der Waals surface area contributed by atoms with E-state index in [0.29, 0.717) is 0 Å². The summed E-state index contributed by atoms with van der Waals surface area (Å²) >= 11 is 0. The first-order chi connectivity index (χ1) is 5.11. The highest BCUT2D eigenvalue weighted by atomic mass is 14.7. The predicted octanol–water partition coefficient (Wildman–Crippen LogP) is 2.77. The van der Waals surface area contributed by atoms with Crippen LogP contribution in [-0.2, 0) is 0 Å². The Morgan fingerprint density at radius 3 is 2.27 bits per heavy atom. The average molecular weight is 149 g/mol. The number of hydrogen-bond donors (Lipinski definition) is 0. The molecule has 0 aliphatic heterocycles. The number of aliphatic imine (C=N–C) groups is 1. The zero-order chi connectivity index (χ0) is 8.85. The van der Waals surface area contributed by atoms with Crippen molar-refractivity contribution in [3.05, 3.63) is 36.5 Å². The van der Waals surface area contributed by atoms with Crippen LogP contribution in [0.2, 0.25) is 0 Å². The van der Waals surface area contributed by atoms with Crippen LogP contribution in [0.15, 0.2) is 41.4 Å². The second kappa shape index (κ2) is 4.67. The lowest BCUT2D eigenvalue weighted by molar-refractivity contribution is 1.40. The largest absolute Gasteiger partial charge is 0.293 e. The molecule has 0 fully saturated rings. The third kappa shape index (κ3) is 3.56. The van der Waals surface area contributed by atoms with Gasteiger partial charge in [0, 0.05) is 12.8 Å². The second-order valence-corrected chi connectivity index (χ2v) is 2.42. The standard InChI is InChI=1S/C10H15N/c1-6-8(2)9(3)7-10(4)11-5/h6-7H,1-2H2,3-5H3/b9-7+,11-10-. The van der Waals surface area contributed by atoms with Gasteiger partial charge in [0.2, 0.25) is 0 Å². The van der Waals surface area contributed by atoms with Crippen LogP contribution in [0.1, 0.15) is 13.8 Å². The molecule has 0 spiro atoms. The molecule has 1 nitrogen and oxygen atoms in total. The van der Waals surface area contributed by atoms with Gasteiger partial charge in [0.05, 0.1) is 0 Å². The lowest BCUT2D eigenvalue weighted by Gasteiger charge is -1.98. The maximum Gasteiger partial charge on any atom is 0.0316 e. The Labute approximate surface area is 68.9 Å². The Morgan fingerprint density at radius 2 is 1.91 bits per heavy atom. The molecule has 0 N–H and O–H groups in total. The van der Waals surface area contributed by atoms with E-state index in [0.717, 1.165) is 16.9 Å². The molecule has 0 aromatic rings. The minimum absolute atomic E-state index is 0.952. The highest BCUT2D eigenvalue weighted by Gasteiger charge is 1.90. The first kappa shape index (κ1) is 9.89. The Morgan fingerprint density at radius 1 is 1.36 bits per heavy atom. The van der Waals surface area contributed by atoms with E-state index >= 15 is 0 Å². The van der Waals surface area contributed by atoms with Crippen molar-refractivity contribution in [1.29, 1.82) is 0 Å². The number of nitrogens with zero attached hydrogens (tertiary/aromatic N) is 1. The van der Waals surface area contributed by atoms with Crippen molar-refractivity contribution in [3.8, 4) is 0 Å². The van der Waals surface area contributed by atoms with Gasteiger partial charge in [-0.2, -0.15) is 0 Å². The molecule has 0 atom stereocenters. The van der Waals surface area contributed by atoms with Crippen molar-refractivity contribution >= 4 is 5.71 Å². The first-order valence-corrected chi connectivity index (χ1v) is 3.55. The highest BCUT2D eigenvalue weighted by Crippen LogP contribution is 2.06. The van der Waals surface area contributed by atoms with E-state index in [2.05, 4.69) is 18.2 Å². The van der Waals surface area contributed by atoms with Crippen molar-refractivity contribution in [2.45, 2.75) is 13.8 Å². The van der Waals surface area contributed by atoms with E-state index in [4.69, 9.17) is 0 Å². The van der Waals surface area contributed by atoms with Gasteiger partial charge >= 0.3 is 0 Å². The van der Waals surface area contributed by atoms with Crippen LogP contribution in [-0.4, -0.2) is 12.8 Å². The van der Waals surface area contributed by atoms with Crippen LogP contribution >= 0.6 is 0 Å². The minimum atomic E-state index is 0.952. The molecule has 0 unspecified atom stereocenters. The SMILES string of the molecule is C=CC(=C)/C(C)=C/C(C)=N\C. The maximum atomic E-state index is 4.01. The summed E-state index contributed by atoms with van der Waals surface area (Å²) in [5.41, 5.74) is 3.07. The molecule has 0 aromatic carbocycles. The smallest absolute Gasteiger partial charge is 0.0316 e. The molecule has 60 valence electrons. The van der Waals surface area contributed by atoms with Crippen molar-refractivity contribution < 1.29 is 0 Å². The van der Waals surface area contributed by atoms with E-state index in [9.17, 15) is 0 Å². The van der Waals surface area contributed by atoms with Gasteiger partial charge in [-0.05, 0) is 31.1 Å². The molecule has 0 aliphatic carbocycles. The first-order valence-electron chi connectivity index (χ1n) is 3.55. The Hall–Kier alpha value is -1.11. The predicted molar refractivity (Wildman–Crippen MR) is 52.1 cm³/mol. The summed E-state index contributed by atoms with van der Waals surface area (Å²) in [4.78, 5) is 4.01. The van der Waals surface area contributed by atoms with Crippen molar-refractivity contribution in [2.24, 2.45) is 4.99 Å². The van der Waals surface area contributed by atoms with Gasteiger partial charge in [0.15, 0.2) is 0 Å². The van der Waals surface area contributed by atoms with Gasteiger partial charge < -0.3 is 0 Å². The summed E-state index contributed by atoms with van der Waals surface area (Å²) in [6.07, 6.45) is 3.73. The van der Waals surface area contributed by atoms with Crippen LogP contribution in [0.5, 0.6) is 0 Å². The fourth-order valence-electron chi connectivity index (χ4n) is 0.632. The van der Waals surface area contributed by atoms with Gasteiger partial charge in [-0.1, -0.05) is 19.2 Å². The molecule has 0 aliphatic rings. The third-order valence-electron chi connectivity index (χ3n) is 1.53. The number of hydrogen-bond acceptors (Lipinski definition) is 1. The quantitative estimate of drug-likeness (QED) is 0.432. The molecule has 0 radical (unpaired) electrons. The molecule has 0 amide bonds. The van der Waals surface area contributed by atoms with Gasteiger partial charge in [-0.3, -0.25) is 4.99 Å². The summed E-state index contributed by atoms with van der Waals surface area (Å²) in [5, 5.41) is 0. The van der Waals surface area contributed by atoms with E-state index in [1.165, 1.54) is 0 Å². The molecule has 0 bridgehead atoms. The molecular formula is C10H15N. The summed E-state index contributed by atoms with van der Waals surface area (Å²) < 4.78 is 0. The van der Waals surface area contributed by atoms with E-state index in [1.54, 1.807) is 13.1 Å². The number of rotatable bonds is 3. The molecule has 11 heavy (non-hydrogen) atoms. The van der Waals surface area contributed by atoms with Gasteiger partial charge in [0.25, 0.3) is 0 Å². The molecule has 0 saturated carbocycles. The topological polar surface area (TPSA) is 12.4 Å². The van der Waals surface area contributed by atoms with Crippen LogP contribution in [0.3, 0.4) is 0 Å². The van der Waals surface area contributed by atoms with Crippen LogP contribution < -0.4 is 0 Å². The molecule has 0 rings (SSSR count). The van der Waals surface area contributed by atoms with E-state index in [-0.39, 0.29) is 0 Å². The maximum absolute atomic E-state index is 4.01. The zero-order valence-corrected chi connectivity index (χ0v) is 7.52. The minimum Gasteiger partial charge on any atom is -0.293 e. The average Bonchev–Trinajstić information content (AvgIpc) is 2.02. The number of allylic oxidation sites excluding steroid dienone is 4. The lowest BCUT2D eigenvalue weighted by atomic mass is 10.1. The molecular weight excluding hydrogens is 134 g/mol. The van der Waals surface area contributed by atoms with Gasteiger partial charge in [-0.25, -0.2) is 0 Å². The third-order valence-corrected chi connectivity index (χ3v) is 1.53. The van der Waals surface area contributed by atoms with E-state index < -0.39 is 0 Å². The fourth-order valence-corrected chi connectivity index (χ4v) is 0.632. The van der Waals surface area contributed by atoms with Crippen molar-refractivity contribution in [3.63, 3.8) is 0 Å². The van der Waals surface area contributed by atoms with E-state index in [1.807, 2.05) is 19.9 Å². The summed E-state index contributed by atoms with van der Waals surface area (Å²) in [6.45, 7) is 11.4. The lowest BCUT2D eigenvalue weighted by Crippen LogP contribution is -1.87. The Kier molecular flexibility index (Phi) is 4.20. The van der Waals surface area contributed by atoms with Crippen LogP contribution in [0.4, 0.5) is 0 Å². The van der Waals surface area contributed by atoms with Crippen LogP contribution in [0.25, 0.3) is 0 Å². The van der Waals surface area contributed by atoms with Gasteiger partial charge in [0.1, 0.15) is 0 Å². The Balaban J connectivity index is 4.46. The summed E-state index contributed by atoms with van der Waals surface area (Å²) in [7, 11) is 1.77. The van der Waals surface area contributed by atoms with Crippen molar-refractivity contribution in [1.82, 2.24) is 0 Å². The van der Waals surface area contributed by atoms with Crippen LogP contribution in [0, 0.1) is 0 Å². The van der Waals surface area contributed by atoms with Gasteiger partial charge in [-0.15, -0.1) is 0 Å².